The first-order valence-electron chi connectivity index (χ1n) is 3.71. The molecule has 0 unspecified atom stereocenters. The van der Waals surface area contributed by atoms with Crippen LogP contribution < -0.4 is 10.6 Å². The monoisotopic (exact) mass is 170 g/mol. The van der Waals surface area contributed by atoms with Crippen LogP contribution in [0, 0.1) is 0 Å². The Bertz CT molecular complexity index is 205. The van der Waals surface area contributed by atoms with Gasteiger partial charge in [0.05, 0.1) is 0 Å². The number of hydrogen-bond acceptors (Lipinski definition) is 2. The second kappa shape index (κ2) is 5.35. The number of nitrogens with one attached hydrogen (secondary N) is 2. The highest BCUT2D eigenvalue weighted by Crippen LogP contribution is 1.84. The zero-order chi connectivity index (χ0) is 9.56. The van der Waals surface area contributed by atoms with Gasteiger partial charge in [-0.2, -0.15) is 0 Å². The van der Waals surface area contributed by atoms with Crippen molar-refractivity contribution < 1.29 is 9.59 Å². The van der Waals surface area contributed by atoms with Gasteiger partial charge in [-0.1, -0.05) is 11.6 Å². The fourth-order valence-electron chi connectivity index (χ4n) is 0.542. The van der Waals surface area contributed by atoms with Crippen molar-refractivity contribution in [2.75, 3.05) is 13.6 Å². The molecule has 2 N–H and O–H groups in total. The van der Waals surface area contributed by atoms with Crippen LogP contribution in [-0.4, -0.2) is 25.4 Å². The third-order valence-electron chi connectivity index (χ3n) is 1.21. The first kappa shape index (κ1) is 10.7. The first-order chi connectivity index (χ1) is 5.57. The van der Waals surface area contributed by atoms with Gasteiger partial charge in [-0.05, 0) is 13.8 Å². The zero-order valence-corrected chi connectivity index (χ0v) is 7.60. The third-order valence-corrected chi connectivity index (χ3v) is 1.21. The number of allylic oxidation sites excluding steroid dienone is 1. The Morgan fingerprint density at radius 3 is 2.25 bits per heavy atom. The van der Waals surface area contributed by atoms with Gasteiger partial charge in [-0.3, -0.25) is 9.59 Å². The van der Waals surface area contributed by atoms with E-state index < -0.39 is 11.8 Å². The largest absolute Gasteiger partial charge is 0.351 e. The minimum Gasteiger partial charge on any atom is -0.351 e. The van der Waals surface area contributed by atoms with Crippen LogP contribution in [0.2, 0.25) is 0 Å². The fraction of sp³-hybridized carbons (Fsp3) is 0.500. The molecule has 0 aliphatic carbocycles. The highest BCUT2D eigenvalue weighted by molar-refractivity contribution is 6.35. The van der Waals surface area contributed by atoms with Gasteiger partial charge >= 0.3 is 11.8 Å². The number of likely N-dealkylation sites (N-methyl/N-ethyl adjacent to an activating group) is 1. The highest BCUT2D eigenvalue weighted by atomic mass is 16.2. The number of hydrogen-bond donors (Lipinski definition) is 2. The summed E-state index contributed by atoms with van der Waals surface area (Å²) in [5, 5.41) is 4.67. The molecule has 0 spiro atoms. The SMILES string of the molecule is CNC(=O)C(=O)NCC=C(C)C. The molecule has 0 bridgehead atoms. The summed E-state index contributed by atoms with van der Waals surface area (Å²) < 4.78 is 0. The summed E-state index contributed by atoms with van der Waals surface area (Å²) in [6.07, 6.45) is 1.83. The van der Waals surface area contributed by atoms with E-state index in [9.17, 15) is 9.59 Å². The summed E-state index contributed by atoms with van der Waals surface area (Å²) in [7, 11) is 1.42. The number of amides is 2. The maximum atomic E-state index is 10.8. The van der Waals surface area contributed by atoms with E-state index >= 15 is 0 Å². The summed E-state index contributed by atoms with van der Waals surface area (Å²) >= 11 is 0. The molecule has 4 heteroatoms. The van der Waals surface area contributed by atoms with Crippen LogP contribution >= 0.6 is 0 Å². The topological polar surface area (TPSA) is 58.2 Å². The van der Waals surface area contributed by atoms with Gasteiger partial charge < -0.3 is 10.6 Å². The van der Waals surface area contributed by atoms with Crippen LogP contribution in [0.15, 0.2) is 11.6 Å². The van der Waals surface area contributed by atoms with Gasteiger partial charge in [0.15, 0.2) is 0 Å². The van der Waals surface area contributed by atoms with E-state index in [1.54, 1.807) is 0 Å². The molecule has 68 valence electrons. The Kier molecular flexibility index (Phi) is 4.76. The lowest BCUT2D eigenvalue weighted by Crippen LogP contribution is -2.38. The van der Waals surface area contributed by atoms with Gasteiger partial charge in [0.25, 0.3) is 0 Å². The van der Waals surface area contributed by atoms with Gasteiger partial charge in [0.2, 0.25) is 0 Å². The van der Waals surface area contributed by atoms with E-state index in [2.05, 4.69) is 10.6 Å². The summed E-state index contributed by atoms with van der Waals surface area (Å²) in [5.74, 6) is -1.22. The van der Waals surface area contributed by atoms with E-state index in [1.165, 1.54) is 7.05 Å². The van der Waals surface area contributed by atoms with Gasteiger partial charge in [0.1, 0.15) is 0 Å². The minimum absolute atomic E-state index is 0.397. The van der Waals surface area contributed by atoms with Crippen molar-refractivity contribution in [2.45, 2.75) is 13.8 Å². The Hall–Kier alpha value is -1.32. The Balaban J connectivity index is 3.73. The van der Waals surface area contributed by atoms with Gasteiger partial charge in [-0.15, -0.1) is 0 Å². The van der Waals surface area contributed by atoms with E-state index in [1.807, 2.05) is 19.9 Å². The molecule has 12 heavy (non-hydrogen) atoms. The molecule has 0 radical (unpaired) electrons. The molecule has 0 aliphatic rings. The number of rotatable bonds is 2. The molecule has 0 atom stereocenters. The van der Waals surface area contributed by atoms with E-state index in [0.717, 1.165) is 5.57 Å². The maximum Gasteiger partial charge on any atom is 0.309 e. The molecule has 2 amide bonds. The van der Waals surface area contributed by atoms with Crippen molar-refractivity contribution in [1.82, 2.24) is 10.6 Å². The molecule has 0 saturated carbocycles. The fourth-order valence-corrected chi connectivity index (χ4v) is 0.542. The average molecular weight is 170 g/mol. The molecule has 0 fully saturated rings. The number of carbonyl (C=O) groups excluding carboxylic acids is 2. The molecule has 0 aromatic heterocycles. The number of carbonyl (C=O) groups is 2. The van der Waals surface area contributed by atoms with Crippen molar-refractivity contribution in [3.05, 3.63) is 11.6 Å². The molecule has 0 heterocycles. The van der Waals surface area contributed by atoms with Crippen molar-refractivity contribution >= 4 is 11.8 Å². The first-order valence-corrected chi connectivity index (χ1v) is 3.71. The average Bonchev–Trinajstić information content (AvgIpc) is 2.02. The smallest absolute Gasteiger partial charge is 0.309 e. The standard InChI is InChI=1S/C8H14N2O2/c1-6(2)4-5-10-8(12)7(11)9-3/h4H,5H2,1-3H3,(H,9,11)(H,10,12). The highest BCUT2D eigenvalue weighted by Gasteiger charge is 2.08. The van der Waals surface area contributed by atoms with Crippen molar-refractivity contribution in [2.24, 2.45) is 0 Å². The molecule has 0 aromatic rings. The molecule has 0 saturated heterocycles. The minimum atomic E-state index is -0.614. The van der Waals surface area contributed by atoms with Crippen LogP contribution in [0.3, 0.4) is 0 Å². The Morgan fingerprint density at radius 2 is 1.83 bits per heavy atom. The van der Waals surface area contributed by atoms with Gasteiger partial charge in [-0.25, -0.2) is 0 Å². The van der Waals surface area contributed by atoms with Gasteiger partial charge in [0, 0.05) is 13.6 Å². The lowest BCUT2D eigenvalue weighted by Gasteiger charge is -1.99. The predicted octanol–water partition coefficient (Wildman–Crippen LogP) is -0.185. The molecule has 4 nitrogen and oxygen atoms in total. The maximum absolute atomic E-state index is 10.8. The molecule has 0 rings (SSSR count). The van der Waals surface area contributed by atoms with Crippen molar-refractivity contribution in [3.8, 4) is 0 Å². The predicted molar refractivity (Wildman–Crippen MR) is 46.5 cm³/mol. The van der Waals surface area contributed by atoms with Crippen molar-refractivity contribution in [1.29, 1.82) is 0 Å². The van der Waals surface area contributed by atoms with Crippen LogP contribution in [0.1, 0.15) is 13.8 Å². The summed E-state index contributed by atoms with van der Waals surface area (Å²) in [6, 6.07) is 0. The second-order valence-corrected chi connectivity index (χ2v) is 2.57. The second-order valence-electron chi connectivity index (χ2n) is 2.57. The molecular weight excluding hydrogens is 156 g/mol. The molecule has 0 aliphatic heterocycles. The molecule has 0 aromatic carbocycles. The van der Waals surface area contributed by atoms with E-state index in [0.29, 0.717) is 6.54 Å². The van der Waals surface area contributed by atoms with E-state index in [4.69, 9.17) is 0 Å². The summed E-state index contributed by atoms with van der Waals surface area (Å²) in [4.78, 5) is 21.4. The van der Waals surface area contributed by atoms with Crippen LogP contribution in [-0.2, 0) is 9.59 Å². The normalized spacial score (nSPS) is 8.58. The van der Waals surface area contributed by atoms with Crippen molar-refractivity contribution in [3.63, 3.8) is 0 Å². The molecular formula is C8H14N2O2. The lowest BCUT2D eigenvalue weighted by molar-refractivity contribution is -0.138. The van der Waals surface area contributed by atoms with E-state index in [-0.39, 0.29) is 0 Å². The summed E-state index contributed by atoms with van der Waals surface area (Å²) in [6.45, 7) is 4.24. The third kappa shape index (κ3) is 4.49. The zero-order valence-electron chi connectivity index (χ0n) is 7.60. The lowest BCUT2D eigenvalue weighted by atomic mass is 10.3. The Morgan fingerprint density at radius 1 is 1.25 bits per heavy atom. The van der Waals surface area contributed by atoms with Crippen LogP contribution in [0.25, 0.3) is 0 Å². The van der Waals surface area contributed by atoms with Crippen LogP contribution in [0.5, 0.6) is 0 Å². The van der Waals surface area contributed by atoms with Crippen LogP contribution in [0.4, 0.5) is 0 Å². The quantitative estimate of drug-likeness (QED) is 0.446. The Labute approximate surface area is 72.0 Å². The summed E-state index contributed by atoms with van der Waals surface area (Å²) in [5.41, 5.74) is 1.10.